The molecule has 0 unspecified atom stereocenters. The summed E-state index contributed by atoms with van der Waals surface area (Å²) >= 11 is 0. The van der Waals surface area contributed by atoms with Gasteiger partial charge in [-0.2, -0.15) is 0 Å². The Labute approximate surface area is 159 Å². The van der Waals surface area contributed by atoms with Crippen molar-refractivity contribution < 1.29 is 22.4 Å². The molecule has 0 saturated carbocycles. The summed E-state index contributed by atoms with van der Waals surface area (Å²) in [4.78, 5) is 15.2. The Hall–Kier alpha value is -2.73. The maximum Gasteiger partial charge on any atom is 0.188 e. The lowest BCUT2D eigenvalue weighted by molar-refractivity contribution is -0.114. The van der Waals surface area contributed by atoms with Crippen LogP contribution in [0.1, 0.15) is 24.0 Å². The molecule has 2 aliphatic rings. The molecule has 2 saturated heterocycles. The third-order valence-corrected chi connectivity index (χ3v) is 5.47. The number of rotatable bonds is 2. The second-order valence-electron chi connectivity index (χ2n) is 7.15. The van der Waals surface area contributed by atoms with Crippen molar-refractivity contribution in [2.75, 3.05) is 7.05 Å². The van der Waals surface area contributed by atoms with E-state index in [0.717, 1.165) is 37.1 Å². The van der Waals surface area contributed by atoms with Gasteiger partial charge in [0.2, 0.25) is 0 Å². The topological polar surface area (TPSA) is 20.3 Å². The van der Waals surface area contributed by atoms with Crippen molar-refractivity contribution in [1.29, 1.82) is 0 Å². The summed E-state index contributed by atoms with van der Waals surface area (Å²) in [5, 5.41) is 0. The number of likely N-dealkylation sites (N-methyl/N-ethyl adjacent to an activating group) is 1. The Kier molecular flexibility index (Phi) is 4.67. The molecular formula is C22H17F4NO. The second-order valence-corrected chi connectivity index (χ2v) is 7.15. The quantitative estimate of drug-likeness (QED) is 0.547. The minimum Gasteiger partial charge on any atom is -0.292 e. The van der Waals surface area contributed by atoms with Gasteiger partial charge in [0, 0.05) is 23.2 Å². The van der Waals surface area contributed by atoms with Crippen LogP contribution in [0, 0.1) is 23.3 Å². The van der Waals surface area contributed by atoms with Crippen LogP contribution in [0.2, 0.25) is 0 Å². The maximum absolute atomic E-state index is 13.6. The predicted molar refractivity (Wildman–Crippen MR) is 98.3 cm³/mol. The van der Waals surface area contributed by atoms with Gasteiger partial charge in [0.15, 0.2) is 29.1 Å². The highest BCUT2D eigenvalue weighted by Crippen LogP contribution is 2.40. The Morgan fingerprint density at radius 1 is 0.786 bits per heavy atom. The first-order valence-corrected chi connectivity index (χ1v) is 8.95. The van der Waals surface area contributed by atoms with E-state index in [1.165, 1.54) is 12.1 Å². The zero-order chi connectivity index (χ0) is 20.0. The molecule has 2 aromatic rings. The fraction of sp³-hybridized carbons (Fsp3) is 0.227. The number of Topliss-reactive ketones (excluding diaryl/α,β-unsaturated/α-hetero) is 1. The molecule has 0 radical (unpaired) electrons. The minimum absolute atomic E-state index is 0.118. The van der Waals surface area contributed by atoms with Crippen molar-refractivity contribution in [2.45, 2.75) is 24.9 Å². The molecule has 2 heterocycles. The summed E-state index contributed by atoms with van der Waals surface area (Å²) in [5.74, 6) is -4.07. The summed E-state index contributed by atoms with van der Waals surface area (Å²) in [6.45, 7) is 0. The average Bonchev–Trinajstić information content (AvgIpc) is 2.97. The molecule has 0 spiro atoms. The van der Waals surface area contributed by atoms with Crippen LogP contribution in [0.5, 0.6) is 0 Å². The van der Waals surface area contributed by atoms with Gasteiger partial charge in [-0.15, -0.1) is 0 Å². The molecule has 144 valence electrons. The number of hydrogen-bond donors (Lipinski definition) is 0. The molecule has 4 rings (SSSR count). The number of benzene rings is 2. The molecule has 0 aliphatic carbocycles. The zero-order valence-electron chi connectivity index (χ0n) is 15.1. The monoisotopic (exact) mass is 387 g/mol. The summed E-state index contributed by atoms with van der Waals surface area (Å²) in [5.41, 5.74) is 1.76. The number of piperidine rings is 1. The molecule has 2 bridgehead atoms. The van der Waals surface area contributed by atoms with Gasteiger partial charge in [-0.25, -0.2) is 17.6 Å². The van der Waals surface area contributed by atoms with Crippen LogP contribution in [0.4, 0.5) is 17.6 Å². The molecule has 2 aliphatic heterocycles. The highest BCUT2D eigenvalue weighted by atomic mass is 19.2. The smallest absolute Gasteiger partial charge is 0.188 e. The van der Waals surface area contributed by atoms with Crippen molar-refractivity contribution in [2.24, 2.45) is 0 Å². The number of halogens is 4. The Balaban J connectivity index is 1.77. The molecule has 2 atom stereocenters. The van der Waals surface area contributed by atoms with Crippen LogP contribution < -0.4 is 0 Å². The molecule has 2 nitrogen and oxygen atoms in total. The average molecular weight is 387 g/mol. The van der Waals surface area contributed by atoms with Gasteiger partial charge in [0.05, 0.1) is 0 Å². The molecule has 6 heteroatoms. The van der Waals surface area contributed by atoms with Crippen LogP contribution in [-0.2, 0) is 4.79 Å². The van der Waals surface area contributed by atoms with Crippen LogP contribution in [0.15, 0.2) is 47.5 Å². The predicted octanol–water partition coefficient (Wildman–Crippen LogP) is 4.76. The maximum atomic E-state index is 13.6. The van der Waals surface area contributed by atoms with E-state index >= 15 is 0 Å². The first kappa shape index (κ1) is 18.6. The van der Waals surface area contributed by atoms with Gasteiger partial charge in [0.25, 0.3) is 0 Å². The lowest BCUT2D eigenvalue weighted by Gasteiger charge is -2.34. The summed E-state index contributed by atoms with van der Waals surface area (Å²) in [6, 6.07) is 6.74. The van der Waals surface area contributed by atoms with Gasteiger partial charge >= 0.3 is 0 Å². The number of hydrogen-bond acceptors (Lipinski definition) is 2. The van der Waals surface area contributed by atoms with E-state index in [4.69, 9.17) is 0 Å². The van der Waals surface area contributed by atoms with Gasteiger partial charge in [0.1, 0.15) is 0 Å². The molecule has 0 amide bonds. The highest BCUT2D eigenvalue weighted by Gasteiger charge is 2.44. The molecule has 0 aromatic heterocycles. The third-order valence-electron chi connectivity index (χ3n) is 5.47. The van der Waals surface area contributed by atoms with Crippen LogP contribution >= 0.6 is 0 Å². The lowest BCUT2D eigenvalue weighted by Crippen LogP contribution is -2.43. The fourth-order valence-electron chi connectivity index (χ4n) is 4.05. The normalized spacial score (nSPS) is 25.1. The highest BCUT2D eigenvalue weighted by molar-refractivity contribution is 6.16. The minimum atomic E-state index is -0.979. The van der Waals surface area contributed by atoms with Crippen molar-refractivity contribution in [3.63, 3.8) is 0 Å². The Bertz CT molecular complexity index is 948. The van der Waals surface area contributed by atoms with Gasteiger partial charge in [-0.05, 0) is 67.4 Å². The third kappa shape index (κ3) is 3.18. The second kappa shape index (κ2) is 7.02. The largest absolute Gasteiger partial charge is 0.292 e. The molecule has 28 heavy (non-hydrogen) atoms. The van der Waals surface area contributed by atoms with Crippen LogP contribution in [0.25, 0.3) is 12.2 Å². The summed E-state index contributed by atoms with van der Waals surface area (Å²) < 4.78 is 53.5. The summed E-state index contributed by atoms with van der Waals surface area (Å²) in [7, 11) is 1.90. The number of ketones is 1. The zero-order valence-corrected chi connectivity index (χ0v) is 15.1. The van der Waals surface area contributed by atoms with E-state index in [2.05, 4.69) is 4.90 Å². The van der Waals surface area contributed by atoms with E-state index in [0.29, 0.717) is 22.3 Å². The molecule has 0 N–H and O–H groups in total. The standard InChI is InChI=1S/C22H17F4NO/c1-27-20-6-7-21(27)15(9-13-3-5-17(24)19(26)11-13)22(28)14(20)8-12-2-4-16(23)18(25)10-12/h2-5,8-11,20-21H,6-7H2,1H3/b14-8+,15-9+/t20-,21-/m0/s1. The Morgan fingerprint density at radius 2 is 1.21 bits per heavy atom. The number of carbonyl (C=O) groups excluding carboxylic acids is 1. The van der Waals surface area contributed by atoms with Gasteiger partial charge in [-0.3, -0.25) is 9.69 Å². The first-order valence-electron chi connectivity index (χ1n) is 8.95. The van der Waals surface area contributed by atoms with Gasteiger partial charge < -0.3 is 0 Å². The van der Waals surface area contributed by atoms with Crippen molar-refractivity contribution in [3.8, 4) is 0 Å². The SMILES string of the molecule is CN1[C@H]2CC[C@H]1/C(=C\c1ccc(F)c(F)c1)C(=O)/C2=C/c1ccc(F)c(F)c1. The van der Waals surface area contributed by atoms with Crippen LogP contribution in [-0.4, -0.2) is 29.8 Å². The number of carbonyl (C=O) groups is 1. The van der Waals surface area contributed by atoms with E-state index in [9.17, 15) is 22.4 Å². The van der Waals surface area contributed by atoms with Crippen molar-refractivity contribution in [3.05, 3.63) is 81.9 Å². The Morgan fingerprint density at radius 3 is 1.61 bits per heavy atom. The molecular weight excluding hydrogens is 370 g/mol. The first-order chi connectivity index (χ1) is 13.3. The van der Waals surface area contributed by atoms with Gasteiger partial charge in [-0.1, -0.05) is 12.1 Å². The number of nitrogens with zero attached hydrogens (tertiary/aromatic N) is 1. The van der Waals surface area contributed by atoms with E-state index < -0.39 is 23.3 Å². The summed E-state index contributed by atoms with van der Waals surface area (Å²) in [6.07, 6.45) is 4.65. The molecule has 2 fully saturated rings. The van der Waals surface area contributed by atoms with E-state index in [-0.39, 0.29) is 17.9 Å². The number of fused-ring (bicyclic) bond motifs is 2. The fourth-order valence-corrected chi connectivity index (χ4v) is 4.05. The van der Waals surface area contributed by atoms with Crippen molar-refractivity contribution >= 4 is 17.9 Å². The van der Waals surface area contributed by atoms with Crippen LogP contribution in [0.3, 0.4) is 0 Å². The lowest BCUT2D eigenvalue weighted by atomic mass is 9.88. The van der Waals surface area contributed by atoms with Crippen molar-refractivity contribution in [1.82, 2.24) is 4.90 Å². The molecule has 2 aromatic carbocycles. The van der Waals surface area contributed by atoms with E-state index in [1.807, 2.05) is 7.05 Å². The van der Waals surface area contributed by atoms with E-state index in [1.54, 1.807) is 12.2 Å².